The van der Waals surface area contributed by atoms with Gasteiger partial charge >= 0.3 is 12.4 Å². The molecule has 0 nitrogen and oxygen atoms in total. The summed E-state index contributed by atoms with van der Waals surface area (Å²) in [6.07, 6.45) is -7.39. The predicted molar refractivity (Wildman–Crippen MR) is 51.4 cm³/mol. The molecule has 0 aromatic carbocycles. The van der Waals surface area contributed by atoms with Crippen LogP contribution < -0.4 is 0 Å². The molecule has 0 spiro atoms. The van der Waals surface area contributed by atoms with Crippen LogP contribution in [0.2, 0.25) is 0 Å². The normalized spacial score (nSPS) is 17.1. The fourth-order valence-electron chi connectivity index (χ4n) is 1.68. The van der Waals surface area contributed by atoms with Gasteiger partial charge in [-0.05, 0) is 30.4 Å². The van der Waals surface area contributed by atoms with E-state index >= 15 is 0 Å². The molecule has 1 aliphatic rings. The maximum absolute atomic E-state index is 12.0. The minimum Gasteiger partial charge on any atom is -0.171 e. The van der Waals surface area contributed by atoms with Crippen LogP contribution in [0.25, 0.3) is 0 Å². The van der Waals surface area contributed by atoms with Crippen molar-refractivity contribution in [2.45, 2.75) is 44.5 Å². The van der Waals surface area contributed by atoms with E-state index in [0.717, 1.165) is 0 Å². The molecule has 0 atom stereocenters. The predicted octanol–water partition coefficient (Wildman–Crippen LogP) is 4.93. The van der Waals surface area contributed by atoms with Crippen LogP contribution in [0, 0.1) is 0 Å². The van der Waals surface area contributed by atoms with Gasteiger partial charge in [-0.2, -0.15) is 26.3 Å². The van der Waals surface area contributed by atoms with Crippen LogP contribution in [0.5, 0.6) is 0 Å². The summed E-state index contributed by atoms with van der Waals surface area (Å²) in [5.41, 5.74) is 0.818. The second-order valence-electron chi connectivity index (χ2n) is 3.92. The van der Waals surface area contributed by atoms with Gasteiger partial charge in [0, 0.05) is 12.8 Å². The van der Waals surface area contributed by atoms with Crippen LogP contribution in [0.15, 0.2) is 23.3 Å². The Hall–Kier alpha value is -0.940. The lowest BCUT2D eigenvalue weighted by molar-refractivity contribution is -0.135. The zero-order valence-electron chi connectivity index (χ0n) is 8.96. The lowest BCUT2D eigenvalue weighted by Gasteiger charge is -2.12. The molecule has 0 heterocycles. The fraction of sp³-hybridized carbons (Fsp3) is 0.636. The Balaban J connectivity index is 2.44. The van der Waals surface area contributed by atoms with Gasteiger partial charge in [0.15, 0.2) is 0 Å². The van der Waals surface area contributed by atoms with Crippen molar-refractivity contribution in [3.05, 3.63) is 23.3 Å². The average molecular weight is 258 g/mol. The molecule has 17 heavy (non-hydrogen) atoms. The molecular formula is C11H12F6. The van der Waals surface area contributed by atoms with Gasteiger partial charge in [0.05, 0.1) is 0 Å². The lowest BCUT2D eigenvalue weighted by Crippen LogP contribution is -2.09. The molecule has 1 aliphatic carbocycles. The van der Waals surface area contributed by atoms with Gasteiger partial charge in [0.25, 0.3) is 0 Å². The van der Waals surface area contributed by atoms with E-state index in [9.17, 15) is 26.3 Å². The molecule has 0 fully saturated rings. The second kappa shape index (κ2) is 5.14. The third kappa shape index (κ3) is 5.79. The van der Waals surface area contributed by atoms with E-state index in [0.29, 0.717) is 17.6 Å². The zero-order valence-corrected chi connectivity index (χ0v) is 8.96. The summed E-state index contributed by atoms with van der Waals surface area (Å²) in [4.78, 5) is 0. The van der Waals surface area contributed by atoms with E-state index < -0.39 is 25.2 Å². The maximum atomic E-state index is 12.0. The van der Waals surface area contributed by atoms with Crippen molar-refractivity contribution in [3.63, 3.8) is 0 Å². The average Bonchev–Trinajstić information content (AvgIpc) is 2.56. The first-order valence-electron chi connectivity index (χ1n) is 5.19. The summed E-state index contributed by atoms with van der Waals surface area (Å²) in [7, 11) is 0. The van der Waals surface area contributed by atoms with Crippen molar-refractivity contribution in [1.29, 1.82) is 0 Å². The summed E-state index contributed by atoms with van der Waals surface area (Å²) in [6.45, 7) is 0. The highest BCUT2D eigenvalue weighted by Gasteiger charge is 2.30. The van der Waals surface area contributed by atoms with E-state index in [1.165, 1.54) is 0 Å². The highest BCUT2D eigenvalue weighted by Crippen LogP contribution is 2.34. The number of allylic oxidation sites excluding steroid dienone is 4. The summed E-state index contributed by atoms with van der Waals surface area (Å²) in [5.74, 6) is 0. The summed E-state index contributed by atoms with van der Waals surface area (Å²) < 4.78 is 71.9. The largest absolute Gasteiger partial charge is 0.389 e. The molecule has 0 unspecified atom stereocenters. The molecule has 1 rings (SSSR count). The Bertz CT molecular complexity index is 286. The molecule has 0 bridgehead atoms. The number of alkyl halides is 6. The quantitative estimate of drug-likeness (QED) is 0.627. The van der Waals surface area contributed by atoms with Crippen LogP contribution in [0.4, 0.5) is 26.3 Å². The molecular weight excluding hydrogens is 246 g/mol. The van der Waals surface area contributed by atoms with E-state index in [1.54, 1.807) is 12.2 Å². The van der Waals surface area contributed by atoms with E-state index in [1.807, 2.05) is 0 Å². The molecule has 0 amide bonds. The topological polar surface area (TPSA) is 0 Å². The molecule has 0 aromatic heterocycles. The van der Waals surface area contributed by atoms with Gasteiger partial charge in [0.2, 0.25) is 0 Å². The van der Waals surface area contributed by atoms with Gasteiger partial charge in [-0.3, -0.25) is 0 Å². The molecule has 0 N–H and O–H groups in total. The van der Waals surface area contributed by atoms with E-state index in [2.05, 4.69) is 0 Å². The highest BCUT2D eigenvalue weighted by atomic mass is 19.4. The smallest absolute Gasteiger partial charge is 0.171 e. The molecule has 0 aliphatic heterocycles. The van der Waals surface area contributed by atoms with E-state index in [4.69, 9.17) is 0 Å². The monoisotopic (exact) mass is 258 g/mol. The third-order valence-corrected chi connectivity index (χ3v) is 2.50. The Morgan fingerprint density at radius 1 is 0.765 bits per heavy atom. The number of hydrogen-bond donors (Lipinski definition) is 0. The van der Waals surface area contributed by atoms with Crippen LogP contribution in [0.1, 0.15) is 32.1 Å². The van der Waals surface area contributed by atoms with Crippen molar-refractivity contribution in [2.75, 3.05) is 0 Å². The first-order chi connectivity index (χ1) is 7.67. The van der Waals surface area contributed by atoms with Crippen molar-refractivity contribution in [3.8, 4) is 0 Å². The van der Waals surface area contributed by atoms with Crippen LogP contribution in [-0.2, 0) is 0 Å². The van der Waals surface area contributed by atoms with Crippen molar-refractivity contribution < 1.29 is 26.3 Å². The van der Waals surface area contributed by atoms with Crippen LogP contribution in [0.3, 0.4) is 0 Å². The fourth-order valence-corrected chi connectivity index (χ4v) is 1.68. The summed E-state index contributed by atoms with van der Waals surface area (Å²) in [6, 6.07) is 0. The standard InChI is InChI=1S/C11H12F6/c12-10(13,14)6-4-8-2-1-3-9(8)5-7-11(15,16)17/h2-3H,1,4-7H2. The molecule has 6 heteroatoms. The van der Waals surface area contributed by atoms with Crippen molar-refractivity contribution in [2.24, 2.45) is 0 Å². The van der Waals surface area contributed by atoms with Gasteiger partial charge in [0.1, 0.15) is 0 Å². The van der Waals surface area contributed by atoms with Gasteiger partial charge in [-0.15, -0.1) is 0 Å². The van der Waals surface area contributed by atoms with Gasteiger partial charge in [-0.25, -0.2) is 0 Å². The molecule has 0 saturated heterocycles. The SMILES string of the molecule is FC(F)(F)CCC1=CCC=C1CCC(F)(F)F. The molecule has 98 valence electrons. The lowest BCUT2D eigenvalue weighted by atomic mass is 10.00. The van der Waals surface area contributed by atoms with Crippen LogP contribution in [-0.4, -0.2) is 12.4 Å². The van der Waals surface area contributed by atoms with Crippen molar-refractivity contribution in [1.82, 2.24) is 0 Å². The second-order valence-corrected chi connectivity index (χ2v) is 3.92. The third-order valence-electron chi connectivity index (χ3n) is 2.50. The summed E-state index contributed by atoms with van der Waals surface area (Å²) >= 11 is 0. The Kier molecular flexibility index (Phi) is 4.27. The van der Waals surface area contributed by atoms with Crippen LogP contribution >= 0.6 is 0 Å². The summed E-state index contributed by atoms with van der Waals surface area (Å²) in [5, 5.41) is 0. The van der Waals surface area contributed by atoms with E-state index in [-0.39, 0.29) is 12.8 Å². The Labute approximate surface area is 95.0 Å². The molecule has 0 aromatic rings. The highest BCUT2D eigenvalue weighted by molar-refractivity contribution is 5.37. The molecule has 0 saturated carbocycles. The first-order valence-corrected chi connectivity index (χ1v) is 5.19. The first kappa shape index (κ1) is 14.1. The zero-order chi connectivity index (χ0) is 13.1. The van der Waals surface area contributed by atoms with Gasteiger partial charge < -0.3 is 0 Å². The Morgan fingerprint density at radius 3 is 1.41 bits per heavy atom. The minimum absolute atomic E-state index is 0.229. The van der Waals surface area contributed by atoms with Gasteiger partial charge in [-0.1, -0.05) is 12.2 Å². The number of hydrogen-bond acceptors (Lipinski definition) is 0. The minimum atomic E-state index is -4.27. The molecule has 0 radical (unpaired) electrons. The maximum Gasteiger partial charge on any atom is 0.389 e. The number of rotatable bonds is 4. The van der Waals surface area contributed by atoms with Crippen molar-refractivity contribution >= 4 is 0 Å². The number of halogens is 6. The Morgan fingerprint density at radius 2 is 1.12 bits per heavy atom.